The van der Waals surface area contributed by atoms with E-state index in [-0.39, 0.29) is 5.78 Å². The Kier molecular flexibility index (Phi) is 4.75. The van der Waals surface area contributed by atoms with Crippen LogP contribution in [-0.2, 0) is 17.6 Å². The lowest BCUT2D eigenvalue weighted by atomic mass is 10.0. The van der Waals surface area contributed by atoms with Crippen LogP contribution in [0.15, 0.2) is 48.5 Å². The fraction of sp³-hybridized carbons (Fsp3) is 0.235. The van der Waals surface area contributed by atoms with E-state index in [2.05, 4.69) is 25.1 Å². The van der Waals surface area contributed by atoms with E-state index in [9.17, 15) is 4.79 Å². The first-order valence-electron chi connectivity index (χ1n) is 6.45. The minimum absolute atomic E-state index is 0.267. The summed E-state index contributed by atoms with van der Waals surface area (Å²) in [5, 5.41) is 0.705. The number of rotatable bonds is 5. The zero-order valence-corrected chi connectivity index (χ0v) is 11.8. The van der Waals surface area contributed by atoms with E-state index in [0.717, 1.165) is 12.0 Å². The van der Waals surface area contributed by atoms with Gasteiger partial charge in [-0.2, -0.15) is 0 Å². The van der Waals surface area contributed by atoms with E-state index >= 15 is 0 Å². The maximum atomic E-state index is 11.9. The van der Waals surface area contributed by atoms with Crippen LogP contribution < -0.4 is 0 Å². The second-order valence-corrected chi connectivity index (χ2v) is 5.27. The molecule has 98 valence electrons. The molecule has 0 bridgehead atoms. The Morgan fingerprint density at radius 1 is 1.05 bits per heavy atom. The molecule has 0 heterocycles. The van der Waals surface area contributed by atoms with Gasteiger partial charge in [0.15, 0.2) is 0 Å². The van der Waals surface area contributed by atoms with E-state index in [4.69, 9.17) is 11.6 Å². The zero-order chi connectivity index (χ0) is 13.7. The highest BCUT2D eigenvalue weighted by molar-refractivity contribution is 6.30. The number of carbonyl (C=O) groups excluding carboxylic acids is 1. The first-order valence-corrected chi connectivity index (χ1v) is 6.83. The van der Waals surface area contributed by atoms with Crippen molar-refractivity contribution in [2.75, 3.05) is 0 Å². The molecule has 0 radical (unpaired) electrons. The number of hydrogen-bond acceptors (Lipinski definition) is 1. The molecule has 1 nitrogen and oxygen atoms in total. The number of benzene rings is 2. The highest BCUT2D eigenvalue weighted by Crippen LogP contribution is 2.12. The summed E-state index contributed by atoms with van der Waals surface area (Å²) in [6, 6.07) is 15.8. The third-order valence-corrected chi connectivity index (χ3v) is 3.34. The molecule has 0 aromatic heterocycles. The van der Waals surface area contributed by atoms with Crippen LogP contribution in [0.1, 0.15) is 23.1 Å². The molecule has 0 aliphatic heterocycles. The molecule has 0 aliphatic carbocycles. The first kappa shape index (κ1) is 13.8. The van der Waals surface area contributed by atoms with Gasteiger partial charge in [-0.25, -0.2) is 0 Å². The summed E-state index contributed by atoms with van der Waals surface area (Å²) in [5.41, 5.74) is 3.49. The molecule has 0 saturated heterocycles. The Labute approximate surface area is 119 Å². The van der Waals surface area contributed by atoms with Crippen LogP contribution in [0.2, 0.25) is 5.02 Å². The SMILES string of the molecule is Cc1cccc(CCC(=O)Cc2ccc(Cl)cc2)c1. The normalized spacial score (nSPS) is 10.4. The van der Waals surface area contributed by atoms with Gasteiger partial charge in [-0.15, -0.1) is 0 Å². The van der Waals surface area contributed by atoms with Gasteiger partial charge in [-0.05, 0) is 36.6 Å². The summed E-state index contributed by atoms with van der Waals surface area (Å²) in [5.74, 6) is 0.267. The number of hydrogen-bond donors (Lipinski definition) is 0. The van der Waals surface area contributed by atoms with E-state index in [0.29, 0.717) is 17.9 Å². The number of Topliss-reactive ketones (excluding diaryl/α,β-unsaturated/α-hetero) is 1. The fourth-order valence-corrected chi connectivity index (χ4v) is 2.20. The second kappa shape index (κ2) is 6.53. The van der Waals surface area contributed by atoms with Gasteiger partial charge in [0.2, 0.25) is 0 Å². The maximum absolute atomic E-state index is 11.9. The van der Waals surface area contributed by atoms with Crippen molar-refractivity contribution < 1.29 is 4.79 Å². The molecule has 0 atom stereocenters. The molecule has 0 spiro atoms. The third-order valence-electron chi connectivity index (χ3n) is 3.09. The van der Waals surface area contributed by atoms with Crippen molar-refractivity contribution >= 4 is 17.4 Å². The van der Waals surface area contributed by atoms with Gasteiger partial charge in [0, 0.05) is 17.9 Å². The number of aryl methyl sites for hydroxylation is 2. The molecular weight excluding hydrogens is 256 g/mol. The summed E-state index contributed by atoms with van der Waals surface area (Å²) in [6.07, 6.45) is 1.89. The molecule has 2 rings (SSSR count). The predicted octanol–water partition coefficient (Wildman–Crippen LogP) is 4.39. The van der Waals surface area contributed by atoms with Gasteiger partial charge in [0.1, 0.15) is 5.78 Å². The minimum atomic E-state index is 0.267. The Hall–Kier alpha value is -1.60. The largest absolute Gasteiger partial charge is 0.299 e. The molecule has 0 unspecified atom stereocenters. The van der Waals surface area contributed by atoms with Gasteiger partial charge in [-0.1, -0.05) is 53.6 Å². The standard InChI is InChI=1S/C17H17ClO/c1-13-3-2-4-14(11-13)7-10-17(19)12-15-5-8-16(18)9-6-15/h2-6,8-9,11H,7,10,12H2,1H3. The van der Waals surface area contributed by atoms with Crippen LogP contribution >= 0.6 is 11.6 Å². The minimum Gasteiger partial charge on any atom is -0.299 e. The average molecular weight is 273 g/mol. The van der Waals surface area contributed by atoms with Crippen LogP contribution in [0.25, 0.3) is 0 Å². The molecule has 2 heteroatoms. The summed E-state index contributed by atoms with van der Waals surface area (Å²) >= 11 is 5.82. The first-order chi connectivity index (χ1) is 9.13. The second-order valence-electron chi connectivity index (χ2n) is 4.83. The summed E-state index contributed by atoms with van der Waals surface area (Å²) in [6.45, 7) is 2.07. The topological polar surface area (TPSA) is 17.1 Å². The zero-order valence-electron chi connectivity index (χ0n) is 11.0. The Morgan fingerprint density at radius 2 is 1.79 bits per heavy atom. The molecule has 2 aromatic rings. The van der Waals surface area contributed by atoms with E-state index < -0.39 is 0 Å². The van der Waals surface area contributed by atoms with Crippen molar-refractivity contribution in [1.29, 1.82) is 0 Å². The Bertz CT molecular complexity index is 558. The average Bonchev–Trinajstić information content (AvgIpc) is 2.39. The van der Waals surface area contributed by atoms with E-state index in [1.54, 1.807) is 0 Å². The van der Waals surface area contributed by atoms with Gasteiger partial charge in [0.05, 0.1) is 0 Å². The van der Waals surface area contributed by atoms with Crippen LogP contribution in [-0.4, -0.2) is 5.78 Å². The molecule has 19 heavy (non-hydrogen) atoms. The van der Waals surface area contributed by atoms with Gasteiger partial charge in [-0.3, -0.25) is 4.79 Å². The molecule has 0 N–H and O–H groups in total. The molecule has 0 aliphatic rings. The molecular formula is C17H17ClO. The summed E-state index contributed by atoms with van der Waals surface area (Å²) in [7, 11) is 0. The van der Waals surface area contributed by atoms with E-state index in [1.807, 2.05) is 30.3 Å². The fourth-order valence-electron chi connectivity index (χ4n) is 2.07. The lowest BCUT2D eigenvalue weighted by Gasteiger charge is -2.03. The monoisotopic (exact) mass is 272 g/mol. The number of carbonyl (C=O) groups is 1. The van der Waals surface area contributed by atoms with Gasteiger partial charge < -0.3 is 0 Å². The molecule has 2 aromatic carbocycles. The lowest BCUT2D eigenvalue weighted by molar-refractivity contribution is -0.118. The smallest absolute Gasteiger partial charge is 0.137 e. The quantitative estimate of drug-likeness (QED) is 0.789. The highest BCUT2D eigenvalue weighted by Gasteiger charge is 2.04. The Morgan fingerprint density at radius 3 is 2.47 bits per heavy atom. The highest BCUT2D eigenvalue weighted by atomic mass is 35.5. The number of ketones is 1. The maximum Gasteiger partial charge on any atom is 0.137 e. The van der Waals surface area contributed by atoms with Crippen LogP contribution in [0, 0.1) is 6.92 Å². The molecule has 0 saturated carbocycles. The third kappa shape index (κ3) is 4.53. The van der Waals surface area contributed by atoms with Crippen molar-refractivity contribution in [3.8, 4) is 0 Å². The van der Waals surface area contributed by atoms with Crippen LogP contribution in [0.5, 0.6) is 0 Å². The molecule has 0 fully saturated rings. The van der Waals surface area contributed by atoms with E-state index in [1.165, 1.54) is 11.1 Å². The van der Waals surface area contributed by atoms with Crippen molar-refractivity contribution in [1.82, 2.24) is 0 Å². The Balaban J connectivity index is 1.86. The number of halogens is 1. The van der Waals surface area contributed by atoms with Crippen molar-refractivity contribution in [2.45, 2.75) is 26.2 Å². The lowest BCUT2D eigenvalue weighted by Crippen LogP contribution is -2.04. The van der Waals surface area contributed by atoms with Crippen molar-refractivity contribution in [3.63, 3.8) is 0 Å². The van der Waals surface area contributed by atoms with Crippen LogP contribution in [0.4, 0.5) is 0 Å². The van der Waals surface area contributed by atoms with Crippen molar-refractivity contribution in [3.05, 3.63) is 70.2 Å². The van der Waals surface area contributed by atoms with Crippen LogP contribution in [0.3, 0.4) is 0 Å². The summed E-state index contributed by atoms with van der Waals surface area (Å²) in [4.78, 5) is 11.9. The van der Waals surface area contributed by atoms with Gasteiger partial charge in [0.25, 0.3) is 0 Å². The predicted molar refractivity (Wildman–Crippen MR) is 79.7 cm³/mol. The van der Waals surface area contributed by atoms with Gasteiger partial charge >= 0.3 is 0 Å². The molecule has 0 amide bonds. The van der Waals surface area contributed by atoms with Crippen molar-refractivity contribution in [2.24, 2.45) is 0 Å². The summed E-state index contributed by atoms with van der Waals surface area (Å²) < 4.78 is 0.